The Hall–Kier alpha value is -1.69. The van der Waals surface area contributed by atoms with Crippen molar-refractivity contribution in [2.45, 2.75) is 19.4 Å². The molecule has 0 fully saturated rings. The molecule has 1 rings (SSSR count). The number of carbonyl (C=O) groups is 2. The Kier molecular flexibility index (Phi) is 6.21. The zero-order chi connectivity index (χ0) is 14.3. The Labute approximate surface area is 116 Å². The number of carbonyl (C=O) groups excluding carboxylic acids is 1. The van der Waals surface area contributed by atoms with E-state index in [4.69, 9.17) is 5.11 Å². The summed E-state index contributed by atoms with van der Waals surface area (Å²) in [6.45, 7) is 1.92. The molecule has 2 amide bonds. The summed E-state index contributed by atoms with van der Waals surface area (Å²) in [5, 5.41) is 14.1. The number of thioether (sulfide) groups is 1. The second-order valence-electron chi connectivity index (χ2n) is 4.14. The van der Waals surface area contributed by atoms with Crippen molar-refractivity contribution in [1.29, 1.82) is 0 Å². The second kappa shape index (κ2) is 7.68. The molecule has 1 atom stereocenters. The molecule has 3 N–H and O–H groups in total. The zero-order valence-corrected chi connectivity index (χ0v) is 11.8. The van der Waals surface area contributed by atoms with E-state index in [1.165, 1.54) is 0 Å². The number of hydrogen-bond donors (Lipinski definition) is 3. The molecule has 0 aromatic heterocycles. The minimum atomic E-state index is -1.02. The summed E-state index contributed by atoms with van der Waals surface area (Å²) in [4.78, 5) is 22.7. The van der Waals surface area contributed by atoms with E-state index in [-0.39, 0.29) is 0 Å². The van der Waals surface area contributed by atoms with Gasteiger partial charge in [0.15, 0.2) is 0 Å². The minimum Gasteiger partial charge on any atom is -0.480 e. The van der Waals surface area contributed by atoms with E-state index in [9.17, 15) is 9.59 Å². The molecule has 1 aromatic carbocycles. The number of carboxylic acids is 1. The lowest BCUT2D eigenvalue weighted by molar-refractivity contribution is -0.139. The van der Waals surface area contributed by atoms with Crippen molar-refractivity contribution in [2.75, 3.05) is 17.3 Å². The third kappa shape index (κ3) is 5.65. The number of hydrogen-bond acceptors (Lipinski definition) is 3. The quantitative estimate of drug-likeness (QED) is 0.748. The SMILES string of the molecule is CSCC[C@@H](NC(=O)Nc1cccc(C)c1)C(=O)O. The monoisotopic (exact) mass is 282 g/mol. The lowest BCUT2D eigenvalue weighted by atomic mass is 10.2. The van der Waals surface area contributed by atoms with Crippen LogP contribution in [0.1, 0.15) is 12.0 Å². The van der Waals surface area contributed by atoms with Crippen molar-refractivity contribution in [2.24, 2.45) is 0 Å². The molecule has 19 heavy (non-hydrogen) atoms. The standard InChI is InChI=1S/C13H18N2O3S/c1-9-4-3-5-10(8-9)14-13(18)15-11(12(16)17)6-7-19-2/h3-5,8,11H,6-7H2,1-2H3,(H,16,17)(H2,14,15,18)/t11-/m1/s1. The molecule has 6 heteroatoms. The summed E-state index contributed by atoms with van der Waals surface area (Å²) < 4.78 is 0. The molecule has 104 valence electrons. The topological polar surface area (TPSA) is 78.4 Å². The van der Waals surface area contributed by atoms with Crippen molar-refractivity contribution in [3.8, 4) is 0 Å². The van der Waals surface area contributed by atoms with Crippen molar-refractivity contribution in [3.63, 3.8) is 0 Å². The Morgan fingerprint density at radius 1 is 1.42 bits per heavy atom. The van der Waals surface area contributed by atoms with Gasteiger partial charge in [-0.15, -0.1) is 0 Å². The van der Waals surface area contributed by atoms with Crippen molar-refractivity contribution in [1.82, 2.24) is 5.32 Å². The first-order valence-corrected chi connectivity index (χ1v) is 7.28. The van der Waals surface area contributed by atoms with E-state index in [1.54, 1.807) is 17.8 Å². The summed E-state index contributed by atoms with van der Waals surface area (Å²) >= 11 is 1.55. The lowest BCUT2D eigenvalue weighted by Gasteiger charge is -2.14. The fraction of sp³-hybridized carbons (Fsp3) is 0.385. The van der Waals surface area contributed by atoms with Crippen LogP contribution in [-0.2, 0) is 4.79 Å². The van der Waals surface area contributed by atoms with Gasteiger partial charge < -0.3 is 15.7 Å². The number of carboxylic acid groups (broad SMARTS) is 1. The van der Waals surface area contributed by atoms with Crippen molar-refractivity contribution < 1.29 is 14.7 Å². The fourth-order valence-electron chi connectivity index (χ4n) is 1.54. The van der Waals surface area contributed by atoms with Crippen LogP contribution in [0, 0.1) is 6.92 Å². The number of amides is 2. The summed E-state index contributed by atoms with van der Waals surface area (Å²) in [6.07, 6.45) is 2.30. The van der Waals surface area contributed by atoms with Crippen LogP contribution in [0.15, 0.2) is 24.3 Å². The van der Waals surface area contributed by atoms with Crippen LogP contribution in [0.4, 0.5) is 10.5 Å². The highest BCUT2D eigenvalue weighted by Crippen LogP contribution is 2.09. The van der Waals surface area contributed by atoms with E-state index in [2.05, 4.69) is 10.6 Å². The van der Waals surface area contributed by atoms with E-state index in [1.807, 2.05) is 31.4 Å². The summed E-state index contributed by atoms with van der Waals surface area (Å²) in [6, 6.07) is 5.95. The predicted molar refractivity (Wildman–Crippen MR) is 77.8 cm³/mol. The molecule has 0 radical (unpaired) electrons. The number of nitrogens with one attached hydrogen (secondary N) is 2. The van der Waals surface area contributed by atoms with Gasteiger partial charge in [0.05, 0.1) is 0 Å². The minimum absolute atomic E-state index is 0.401. The average Bonchev–Trinajstić information content (AvgIpc) is 2.34. The van der Waals surface area contributed by atoms with E-state index in [0.717, 1.165) is 5.56 Å². The molecule has 5 nitrogen and oxygen atoms in total. The maximum atomic E-state index is 11.7. The molecule has 0 saturated carbocycles. The molecule has 0 aliphatic heterocycles. The van der Waals surface area contributed by atoms with Crippen LogP contribution in [0.25, 0.3) is 0 Å². The van der Waals surface area contributed by atoms with Crippen LogP contribution in [0.2, 0.25) is 0 Å². The van der Waals surface area contributed by atoms with Crippen molar-refractivity contribution in [3.05, 3.63) is 29.8 Å². The Bertz CT molecular complexity index is 451. The highest BCUT2D eigenvalue weighted by Gasteiger charge is 2.19. The van der Waals surface area contributed by atoms with Gasteiger partial charge in [-0.2, -0.15) is 11.8 Å². The van der Waals surface area contributed by atoms with Gasteiger partial charge in [-0.05, 0) is 43.0 Å². The van der Waals surface area contributed by atoms with Crippen LogP contribution >= 0.6 is 11.8 Å². The second-order valence-corrected chi connectivity index (χ2v) is 5.13. The van der Waals surface area contributed by atoms with Gasteiger partial charge in [-0.3, -0.25) is 0 Å². The first kappa shape index (κ1) is 15.4. The smallest absolute Gasteiger partial charge is 0.326 e. The Morgan fingerprint density at radius 3 is 2.74 bits per heavy atom. The molecule has 0 unspecified atom stereocenters. The number of rotatable bonds is 6. The molecule has 0 aliphatic rings. The molecule has 0 saturated heterocycles. The number of aliphatic carboxylic acids is 1. The van der Waals surface area contributed by atoms with Gasteiger partial charge in [0.2, 0.25) is 0 Å². The van der Waals surface area contributed by atoms with Crippen LogP contribution < -0.4 is 10.6 Å². The number of anilines is 1. The van der Waals surface area contributed by atoms with Gasteiger partial charge in [0.25, 0.3) is 0 Å². The third-order valence-electron chi connectivity index (χ3n) is 2.49. The van der Waals surface area contributed by atoms with Crippen LogP contribution in [0.5, 0.6) is 0 Å². The number of urea groups is 1. The number of aryl methyl sites for hydroxylation is 1. The predicted octanol–water partition coefficient (Wildman–Crippen LogP) is 2.32. The maximum absolute atomic E-state index is 11.7. The summed E-state index contributed by atoms with van der Waals surface area (Å²) in [5.41, 5.74) is 1.67. The highest BCUT2D eigenvalue weighted by atomic mass is 32.2. The van der Waals surface area contributed by atoms with Crippen molar-refractivity contribution >= 4 is 29.4 Å². The molecule has 0 bridgehead atoms. The normalized spacial score (nSPS) is 11.7. The van der Waals surface area contributed by atoms with Crippen LogP contribution in [0.3, 0.4) is 0 Å². The van der Waals surface area contributed by atoms with Gasteiger partial charge in [0.1, 0.15) is 6.04 Å². The zero-order valence-electron chi connectivity index (χ0n) is 11.0. The van der Waals surface area contributed by atoms with Crippen LogP contribution in [-0.4, -0.2) is 35.2 Å². The Balaban J connectivity index is 2.55. The largest absolute Gasteiger partial charge is 0.480 e. The average molecular weight is 282 g/mol. The molecule has 0 aliphatic carbocycles. The maximum Gasteiger partial charge on any atom is 0.326 e. The summed E-state index contributed by atoms with van der Waals surface area (Å²) in [7, 11) is 0. The van der Waals surface area contributed by atoms with Gasteiger partial charge in [-0.1, -0.05) is 12.1 Å². The van der Waals surface area contributed by atoms with Gasteiger partial charge in [-0.25, -0.2) is 9.59 Å². The highest BCUT2D eigenvalue weighted by molar-refractivity contribution is 7.98. The fourth-order valence-corrected chi connectivity index (χ4v) is 2.01. The molecule has 0 spiro atoms. The van der Waals surface area contributed by atoms with E-state index in [0.29, 0.717) is 17.9 Å². The van der Waals surface area contributed by atoms with E-state index < -0.39 is 18.0 Å². The first-order valence-electron chi connectivity index (χ1n) is 5.89. The molecular weight excluding hydrogens is 264 g/mol. The lowest BCUT2D eigenvalue weighted by Crippen LogP contribution is -2.43. The van der Waals surface area contributed by atoms with Gasteiger partial charge in [0, 0.05) is 5.69 Å². The molecule has 1 aromatic rings. The third-order valence-corrected chi connectivity index (χ3v) is 3.13. The number of benzene rings is 1. The summed E-state index contributed by atoms with van der Waals surface area (Å²) in [5.74, 6) is -0.338. The van der Waals surface area contributed by atoms with Gasteiger partial charge >= 0.3 is 12.0 Å². The molecule has 0 heterocycles. The molecular formula is C13H18N2O3S. The van der Waals surface area contributed by atoms with E-state index >= 15 is 0 Å². The Morgan fingerprint density at radius 2 is 2.16 bits per heavy atom. The first-order chi connectivity index (χ1) is 9.02.